The number of allylic oxidation sites excluding steroid dienone is 3. The SMILES string of the molecule is C=CCCC1CCC(/C=C/CCc2ccc(-c3ccc(CCC)cc3)c(F)c2F)CC1. The molecule has 0 saturated heterocycles. The smallest absolute Gasteiger partial charge is 0.166 e. The molecule has 0 radical (unpaired) electrons. The highest BCUT2D eigenvalue weighted by atomic mass is 19.2. The molecule has 2 heteroatoms. The van der Waals surface area contributed by atoms with Crippen LogP contribution in [0.25, 0.3) is 11.1 Å². The van der Waals surface area contributed by atoms with Crippen molar-refractivity contribution in [2.45, 2.75) is 71.1 Å². The van der Waals surface area contributed by atoms with Crippen LogP contribution in [0.1, 0.15) is 69.4 Å². The summed E-state index contributed by atoms with van der Waals surface area (Å²) in [6, 6.07) is 11.2. The summed E-state index contributed by atoms with van der Waals surface area (Å²) in [5.74, 6) is 0.0505. The van der Waals surface area contributed by atoms with Gasteiger partial charge in [0.2, 0.25) is 0 Å². The Bertz CT molecular complexity index is 855. The highest BCUT2D eigenvalue weighted by Gasteiger charge is 2.19. The molecule has 166 valence electrons. The Balaban J connectivity index is 1.53. The molecule has 0 heterocycles. The van der Waals surface area contributed by atoms with E-state index in [2.05, 4.69) is 25.7 Å². The second-order valence-electron chi connectivity index (χ2n) is 8.96. The third-order valence-corrected chi connectivity index (χ3v) is 6.62. The summed E-state index contributed by atoms with van der Waals surface area (Å²) in [6.07, 6.45) is 17.3. The van der Waals surface area contributed by atoms with Crippen LogP contribution in [-0.4, -0.2) is 0 Å². The third-order valence-electron chi connectivity index (χ3n) is 6.62. The van der Waals surface area contributed by atoms with Gasteiger partial charge in [0, 0.05) is 5.56 Å². The molecule has 2 aromatic carbocycles. The maximum Gasteiger partial charge on any atom is 0.166 e. The quantitative estimate of drug-likeness (QED) is 0.335. The first kappa shape index (κ1) is 23.4. The van der Waals surface area contributed by atoms with Crippen LogP contribution < -0.4 is 0 Å². The van der Waals surface area contributed by atoms with Gasteiger partial charge in [0.15, 0.2) is 11.6 Å². The fourth-order valence-electron chi connectivity index (χ4n) is 4.70. The maximum absolute atomic E-state index is 14.7. The van der Waals surface area contributed by atoms with Crippen molar-refractivity contribution in [3.8, 4) is 11.1 Å². The Hall–Kier alpha value is -2.22. The Morgan fingerprint density at radius 1 is 0.903 bits per heavy atom. The lowest BCUT2D eigenvalue weighted by atomic mass is 9.80. The van der Waals surface area contributed by atoms with Gasteiger partial charge in [-0.1, -0.05) is 68.0 Å². The topological polar surface area (TPSA) is 0 Å². The van der Waals surface area contributed by atoms with Crippen molar-refractivity contribution in [3.63, 3.8) is 0 Å². The molecular formula is C29H36F2. The lowest BCUT2D eigenvalue weighted by molar-refractivity contribution is 0.297. The average Bonchev–Trinajstić information content (AvgIpc) is 2.80. The van der Waals surface area contributed by atoms with Crippen molar-refractivity contribution < 1.29 is 8.78 Å². The minimum atomic E-state index is -0.734. The average molecular weight is 423 g/mol. The molecule has 0 spiro atoms. The van der Waals surface area contributed by atoms with Gasteiger partial charge in [-0.15, -0.1) is 6.58 Å². The predicted molar refractivity (Wildman–Crippen MR) is 128 cm³/mol. The van der Waals surface area contributed by atoms with Gasteiger partial charge in [-0.05, 0) is 86.3 Å². The first-order valence-corrected chi connectivity index (χ1v) is 12.0. The van der Waals surface area contributed by atoms with Gasteiger partial charge in [-0.25, -0.2) is 8.78 Å². The fourth-order valence-corrected chi connectivity index (χ4v) is 4.70. The zero-order valence-electron chi connectivity index (χ0n) is 18.9. The van der Waals surface area contributed by atoms with Crippen LogP contribution in [0.3, 0.4) is 0 Å². The lowest BCUT2D eigenvalue weighted by Crippen LogP contribution is -2.12. The van der Waals surface area contributed by atoms with E-state index in [1.165, 1.54) is 37.7 Å². The molecule has 31 heavy (non-hydrogen) atoms. The zero-order valence-corrected chi connectivity index (χ0v) is 18.9. The molecule has 0 N–H and O–H groups in total. The zero-order chi connectivity index (χ0) is 22.1. The molecular weight excluding hydrogens is 386 g/mol. The molecule has 1 fully saturated rings. The van der Waals surface area contributed by atoms with E-state index >= 15 is 0 Å². The van der Waals surface area contributed by atoms with Gasteiger partial charge in [-0.3, -0.25) is 0 Å². The first-order chi connectivity index (χ1) is 15.1. The predicted octanol–water partition coefficient (Wildman–Crippen LogP) is 8.85. The van der Waals surface area contributed by atoms with Crippen LogP contribution in [0.15, 0.2) is 61.2 Å². The molecule has 0 unspecified atom stereocenters. The van der Waals surface area contributed by atoms with Crippen LogP contribution in [0.2, 0.25) is 0 Å². The Morgan fingerprint density at radius 2 is 1.65 bits per heavy atom. The van der Waals surface area contributed by atoms with Crippen molar-refractivity contribution in [1.29, 1.82) is 0 Å². The summed E-state index contributed by atoms with van der Waals surface area (Å²) >= 11 is 0. The summed E-state index contributed by atoms with van der Waals surface area (Å²) in [4.78, 5) is 0. The number of aryl methyl sites for hydroxylation is 2. The van der Waals surface area contributed by atoms with Crippen molar-refractivity contribution in [3.05, 3.63) is 84.0 Å². The summed E-state index contributed by atoms with van der Waals surface area (Å²) in [7, 11) is 0. The lowest BCUT2D eigenvalue weighted by Gasteiger charge is -2.26. The number of hydrogen-bond acceptors (Lipinski definition) is 0. The van der Waals surface area contributed by atoms with Crippen molar-refractivity contribution >= 4 is 0 Å². The van der Waals surface area contributed by atoms with Crippen LogP contribution in [0, 0.1) is 23.5 Å². The van der Waals surface area contributed by atoms with Crippen LogP contribution >= 0.6 is 0 Å². The number of halogens is 2. The van der Waals surface area contributed by atoms with E-state index in [9.17, 15) is 8.78 Å². The first-order valence-electron chi connectivity index (χ1n) is 12.0. The Labute approximate surface area is 187 Å². The van der Waals surface area contributed by atoms with Gasteiger partial charge in [0.25, 0.3) is 0 Å². The molecule has 1 saturated carbocycles. The second kappa shape index (κ2) is 12.0. The molecule has 0 aliphatic heterocycles. The van der Waals surface area contributed by atoms with Gasteiger partial charge in [-0.2, -0.15) is 0 Å². The number of rotatable bonds is 10. The van der Waals surface area contributed by atoms with Crippen LogP contribution in [0.4, 0.5) is 8.78 Å². The minimum Gasteiger partial charge on any atom is -0.203 e. The summed E-state index contributed by atoms with van der Waals surface area (Å²) < 4.78 is 29.4. The van der Waals surface area contributed by atoms with E-state index in [0.29, 0.717) is 23.5 Å². The van der Waals surface area contributed by atoms with Crippen LogP contribution in [0.5, 0.6) is 0 Å². The molecule has 0 aromatic heterocycles. The van der Waals surface area contributed by atoms with Crippen LogP contribution in [-0.2, 0) is 12.8 Å². The highest BCUT2D eigenvalue weighted by molar-refractivity contribution is 5.65. The molecule has 0 nitrogen and oxygen atoms in total. The molecule has 0 atom stereocenters. The maximum atomic E-state index is 14.7. The van der Waals surface area contributed by atoms with Gasteiger partial charge >= 0.3 is 0 Å². The van der Waals surface area contributed by atoms with Gasteiger partial charge < -0.3 is 0 Å². The summed E-state index contributed by atoms with van der Waals surface area (Å²) in [6.45, 7) is 5.95. The molecule has 1 aliphatic rings. The van der Waals surface area contributed by atoms with Gasteiger partial charge in [0.1, 0.15) is 0 Å². The minimum absolute atomic E-state index is 0.341. The fraction of sp³-hybridized carbons (Fsp3) is 0.448. The highest BCUT2D eigenvalue weighted by Crippen LogP contribution is 2.32. The number of hydrogen-bond donors (Lipinski definition) is 0. The molecule has 3 rings (SSSR count). The second-order valence-corrected chi connectivity index (χ2v) is 8.96. The number of benzene rings is 2. The molecule has 1 aliphatic carbocycles. The molecule has 0 amide bonds. The van der Waals surface area contributed by atoms with E-state index in [1.54, 1.807) is 12.1 Å². The normalized spacial score (nSPS) is 19.1. The van der Waals surface area contributed by atoms with E-state index in [0.717, 1.165) is 37.2 Å². The van der Waals surface area contributed by atoms with Crippen molar-refractivity contribution in [2.75, 3.05) is 0 Å². The van der Waals surface area contributed by atoms with E-state index in [-0.39, 0.29) is 0 Å². The Kier molecular flexibility index (Phi) is 9.06. The Morgan fingerprint density at radius 3 is 2.32 bits per heavy atom. The summed E-state index contributed by atoms with van der Waals surface area (Å²) in [5.41, 5.74) is 2.75. The standard InChI is InChI=1S/C29H36F2/c1-3-5-9-23-12-14-24(15-13-23)10-6-7-11-26-20-21-27(29(31)28(26)30)25-18-16-22(8-4-2)17-19-25/h3,6,10,16-21,23-24H,1,4-5,7-9,11-15H2,2H3/b10-6+. The van der Waals surface area contributed by atoms with E-state index in [1.807, 2.05) is 30.3 Å². The van der Waals surface area contributed by atoms with Crippen molar-refractivity contribution in [1.82, 2.24) is 0 Å². The monoisotopic (exact) mass is 422 g/mol. The van der Waals surface area contributed by atoms with Crippen molar-refractivity contribution in [2.24, 2.45) is 11.8 Å². The largest absolute Gasteiger partial charge is 0.203 e. The molecule has 2 aromatic rings. The van der Waals surface area contributed by atoms with E-state index in [4.69, 9.17) is 0 Å². The third kappa shape index (κ3) is 6.63. The molecule has 0 bridgehead atoms. The summed E-state index contributed by atoms with van der Waals surface area (Å²) in [5, 5.41) is 0. The van der Waals surface area contributed by atoms with Gasteiger partial charge in [0.05, 0.1) is 0 Å². The van der Waals surface area contributed by atoms with E-state index < -0.39 is 11.6 Å².